The van der Waals surface area contributed by atoms with Gasteiger partial charge in [0.05, 0.1) is 19.8 Å². The second-order valence-electron chi connectivity index (χ2n) is 5.98. The van der Waals surface area contributed by atoms with Crippen molar-refractivity contribution in [2.75, 3.05) is 31.7 Å². The Hall–Kier alpha value is -1.33. The average molecular weight is 294 g/mol. The molecule has 118 valence electrons. The van der Waals surface area contributed by atoms with E-state index in [0.29, 0.717) is 13.0 Å². The van der Waals surface area contributed by atoms with E-state index in [9.17, 15) is 10.2 Å². The second kappa shape index (κ2) is 6.62. The third kappa shape index (κ3) is 3.14. The molecule has 2 atom stereocenters. The summed E-state index contributed by atoms with van der Waals surface area (Å²) in [5.41, 5.74) is 0.464. The zero-order chi connectivity index (χ0) is 15.5. The van der Waals surface area contributed by atoms with Gasteiger partial charge in [0, 0.05) is 24.2 Å². The molecule has 0 aliphatic carbocycles. The zero-order valence-corrected chi connectivity index (χ0v) is 13.2. The molecule has 0 aromatic carbocycles. The maximum Gasteiger partial charge on any atom is 0.171 e. The lowest BCUT2D eigenvalue weighted by Gasteiger charge is -2.46. The molecular formula is C16H26N2O3. The van der Waals surface area contributed by atoms with Gasteiger partial charge < -0.3 is 19.8 Å². The van der Waals surface area contributed by atoms with Crippen LogP contribution in [0.3, 0.4) is 0 Å². The summed E-state index contributed by atoms with van der Waals surface area (Å²) in [6, 6.07) is 3.84. The molecule has 1 aromatic rings. The Kier molecular flexibility index (Phi) is 5.06. The molecule has 1 aromatic heterocycles. The Bertz CT molecular complexity index is 481. The van der Waals surface area contributed by atoms with Gasteiger partial charge in [-0.1, -0.05) is 13.3 Å². The van der Waals surface area contributed by atoms with E-state index in [0.717, 1.165) is 36.6 Å². The number of anilines is 1. The van der Waals surface area contributed by atoms with Crippen LogP contribution in [-0.2, 0) is 0 Å². The smallest absolute Gasteiger partial charge is 0.171 e. The predicted molar refractivity (Wildman–Crippen MR) is 82.8 cm³/mol. The van der Waals surface area contributed by atoms with Gasteiger partial charge in [0.1, 0.15) is 0 Å². The van der Waals surface area contributed by atoms with Crippen molar-refractivity contribution in [1.29, 1.82) is 0 Å². The van der Waals surface area contributed by atoms with Crippen molar-refractivity contribution in [1.82, 2.24) is 4.98 Å². The summed E-state index contributed by atoms with van der Waals surface area (Å²) < 4.78 is 5.41. The van der Waals surface area contributed by atoms with Crippen LogP contribution in [0.2, 0.25) is 0 Å². The minimum absolute atomic E-state index is 0.00730. The Morgan fingerprint density at radius 2 is 2.24 bits per heavy atom. The number of hydrogen-bond acceptors (Lipinski definition) is 5. The van der Waals surface area contributed by atoms with Crippen LogP contribution in [0.5, 0.6) is 5.75 Å². The Morgan fingerprint density at radius 3 is 2.86 bits per heavy atom. The quantitative estimate of drug-likeness (QED) is 0.866. The van der Waals surface area contributed by atoms with Crippen molar-refractivity contribution >= 4 is 5.82 Å². The Labute approximate surface area is 126 Å². The van der Waals surface area contributed by atoms with E-state index in [-0.39, 0.29) is 6.61 Å². The fraction of sp³-hybridized carbons (Fsp3) is 0.688. The minimum atomic E-state index is -0.469. The maximum absolute atomic E-state index is 10.4. The van der Waals surface area contributed by atoms with Crippen molar-refractivity contribution in [3.8, 4) is 5.75 Å². The molecule has 2 rings (SSSR count). The van der Waals surface area contributed by atoms with Gasteiger partial charge in [0.2, 0.25) is 0 Å². The number of ether oxygens (including phenoxy) is 1. The first-order valence-electron chi connectivity index (χ1n) is 7.62. The minimum Gasteiger partial charge on any atom is -0.493 e. The molecule has 2 heterocycles. The third-order valence-corrected chi connectivity index (χ3v) is 4.45. The van der Waals surface area contributed by atoms with Crippen LogP contribution in [0.25, 0.3) is 0 Å². The molecule has 0 unspecified atom stereocenters. The van der Waals surface area contributed by atoms with Crippen LogP contribution in [0.4, 0.5) is 5.82 Å². The lowest BCUT2D eigenvalue weighted by atomic mass is 9.74. The molecule has 0 radical (unpaired) electrons. The van der Waals surface area contributed by atoms with Crippen LogP contribution in [0.1, 0.15) is 31.9 Å². The summed E-state index contributed by atoms with van der Waals surface area (Å²) >= 11 is 0. The first-order chi connectivity index (χ1) is 10.1. The number of rotatable bonds is 5. The van der Waals surface area contributed by atoms with Gasteiger partial charge in [-0.2, -0.15) is 0 Å². The van der Waals surface area contributed by atoms with E-state index in [4.69, 9.17) is 4.74 Å². The summed E-state index contributed by atoms with van der Waals surface area (Å²) in [6.07, 6.45) is 1.91. The van der Waals surface area contributed by atoms with E-state index >= 15 is 0 Å². The number of piperidine rings is 1. The molecule has 0 spiro atoms. The SMILES string of the molecule is CCC[C@@]1(CO)CN(c2nc(C)ccc2OC)CC[C@@H]1O. The standard InChI is InChI=1S/C16H26N2O3/c1-4-8-16(11-19)10-18(9-7-14(16)20)15-13(21-3)6-5-12(2)17-15/h5-6,14,19-20H,4,7-11H2,1-3H3/t14-,16-/m0/s1. The van der Waals surface area contributed by atoms with Crippen molar-refractivity contribution in [3.05, 3.63) is 17.8 Å². The highest BCUT2D eigenvalue weighted by atomic mass is 16.5. The van der Waals surface area contributed by atoms with Crippen molar-refractivity contribution in [2.45, 2.75) is 39.2 Å². The molecule has 5 nitrogen and oxygen atoms in total. The lowest BCUT2D eigenvalue weighted by Crippen LogP contribution is -2.54. The van der Waals surface area contributed by atoms with E-state index in [2.05, 4.69) is 16.8 Å². The van der Waals surface area contributed by atoms with Gasteiger partial charge >= 0.3 is 0 Å². The molecule has 0 amide bonds. The van der Waals surface area contributed by atoms with Crippen molar-refractivity contribution < 1.29 is 14.9 Å². The van der Waals surface area contributed by atoms with Gasteiger partial charge in [-0.15, -0.1) is 0 Å². The highest BCUT2D eigenvalue weighted by molar-refractivity contribution is 5.53. The fourth-order valence-corrected chi connectivity index (χ4v) is 3.22. The van der Waals surface area contributed by atoms with Crippen LogP contribution in [0, 0.1) is 12.3 Å². The van der Waals surface area contributed by atoms with Gasteiger partial charge in [-0.25, -0.2) is 4.98 Å². The van der Waals surface area contributed by atoms with Gasteiger partial charge in [0.25, 0.3) is 0 Å². The van der Waals surface area contributed by atoms with E-state index in [1.54, 1.807) is 7.11 Å². The van der Waals surface area contributed by atoms with Crippen LogP contribution >= 0.6 is 0 Å². The zero-order valence-electron chi connectivity index (χ0n) is 13.2. The van der Waals surface area contributed by atoms with Crippen LogP contribution in [-0.4, -0.2) is 48.1 Å². The first kappa shape index (κ1) is 16.0. The van der Waals surface area contributed by atoms with Crippen LogP contribution in [0.15, 0.2) is 12.1 Å². The number of aliphatic hydroxyl groups excluding tert-OH is 2. The number of aromatic nitrogens is 1. The molecule has 2 N–H and O–H groups in total. The lowest BCUT2D eigenvalue weighted by molar-refractivity contribution is -0.0354. The summed E-state index contributed by atoms with van der Waals surface area (Å²) in [5.74, 6) is 1.54. The van der Waals surface area contributed by atoms with E-state index < -0.39 is 11.5 Å². The topological polar surface area (TPSA) is 65.8 Å². The molecule has 1 aliphatic heterocycles. The summed E-state index contributed by atoms with van der Waals surface area (Å²) in [5, 5.41) is 20.2. The maximum atomic E-state index is 10.4. The highest BCUT2D eigenvalue weighted by Gasteiger charge is 2.42. The molecule has 21 heavy (non-hydrogen) atoms. The summed E-state index contributed by atoms with van der Waals surface area (Å²) in [7, 11) is 1.64. The molecule has 0 saturated carbocycles. The number of hydrogen-bond donors (Lipinski definition) is 2. The van der Waals surface area contributed by atoms with Gasteiger partial charge in [-0.3, -0.25) is 0 Å². The molecular weight excluding hydrogens is 268 g/mol. The predicted octanol–water partition coefficient (Wildman–Crippen LogP) is 1.75. The third-order valence-electron chi connectivity index (χ3n) is 4.45. The monoisotopic (exact) mass is 294 g/mol. The fourth-order valence-electron chi connectivity index (χ4n) is 3.22. The first-order valence-corrected chi connectivity index (χ1v) is 7.62. The largest absolute Gasteiger partial charge is 0.493 e. The van der Waals surface area contributed by atoms with Gasteiger partial charge in [0.15, 0.2) is 11.6 Å². The van der Waals surface area contributed by atoms with E-state index in [1.165, 1.54) is 0 Å². The Balaban J connectivity index is 2.31. The van der Waals surface area contributed by atoms with Crippen molar-refractivity contribution in [3.63, 3.8) is 0 Å². The summed E-state index contributed by atoms with van der Waals surface area (Å²) in [4.78, 5) is 6.72. The Morgan fingerprint density at radius 1 is 1.48 bits per heavy atom. The van der Waals surface area contributed by atoms with E-state index in [1.807, 2.05) is 19.1 Å². The molecule has 0 bridgehead atoms. The average Bonchev–Trinajstić information content (AvgIpc) is 2.49. The molecule has 1 aliphatic rings. The normalized spacial score (nSPS) is 26.0. The number of methoxy groups -OCH3 is 1. The number of aryl methyl sites for hydroxylation is 1. The number of pyridine rings is 1. The van der Waals surface area contributed by atoms with Gasteiger partial charge in [-0.05, 0) is 31.9 Å². The summed E-state index contributed by atoms with van der Waals surface area (Å²) in [6.45, 7) is 5.35. The van der Waals surface area contributed by atoms with Crippen LogP contribution < -0.4 is 9.64 Å². The number of aliphatic hydroxyl groups is 2. The highest BCUT2D eigenvalue weighted by Crippen LogP contribution is 2.38. The second-order valence-corrected chi connectivity index (χ2v) is 5.98. The molecule has 5 heteroatoms. The number of nitrogens with zero attached hydrogens (tertiary/aromatic N) is 2. The molecule has 1 fully saturated rings. The van der Waals surface area contributed by atoms with Crippen molar-refractivity contribution in [2.24, 2.45) is 5.41 Å². The molecule has 1 saturated heterocycles.